The predicted molar refractivity (Wildman–Crippen MR) is 76.4 cm³/mol. The third kappa shape index (κ3) is 3.59. The fourth-order valence-corrected chi connectivity index (χ4v) is 2.01. The van der Waals surface area contributed by atoms with Crippen LogP contribution in [0.2, 0.25) is 0 Å². The van der Waals surface area contributed by atoms with E-state index in [1.807, 2.05) is 20.9 Å². The zero-order valence-corrected chi connectivity index (χ0v) is 12.3. The Bertz CT molecular complexity index is 640. The Labute approximate surface area is 122 Å². The smallest absolute Gasteiger partial charge is 0.258 e. The van der Waals surface area contributed by atoms with Crippen molar-refractivity contribution >= 4 is 5.91 Å². The third-order valence-electron chi connectivity index (χ3n) is 3.31. The van der Waals surface area contributed by atoms with Gasteiger partial charge in [0.15, 0.2) is 18.2 Å². The molecule has 21 heavy (non-hydrogen) atoms. The Hall–Kier alpha value is -2.37. The van der Waals surface area contributed by atoms with Crippen LogP contribution in [0.4, 0.5) is 4.39 Å². The van der Waals surface area contributed by atoms with Crippen molar-refractivity contribution < 1.29 is 13.9 Å². The first-order chi connectivity index (χ1) is 9.99. The Balaban J connectivity index is 1.90. The van der Waals surface area contributed by atoms with E-state index >= 15 is 0 Å². The molecule has 0 saturated carbocycles. The Morgan fingerprint density at radius 2 is 2.19 bits per heavy atom. The van der Waals surface area contributed by atoms with Crippen LogP contribution >= 0.6 is 0 Å². The first-order valence-corrected chi connectivity index (χ1v) is 6.64. The molecule has 0 spiro atoms. The maximum absolute atomic E-state index is 13.4. The van der Waals surface area contributed by atoms with E-state index in [-0.39, 0.29) is 24.3 Å². The van der Waals surface area contributed by atoms with Gasteiger partial charge in [0.2, 0.25) is 0 Å². The number of rotatable bonds is 5. The lowest BCUT2D eigenvalue weighted by Gasteiger charge is -2.14. The highest BCUT2D eigenvalue weighted by Gasteiger charge is 2.15. The first-order valence-electron chi connectivity index (χ1n) is 6.64. The number of aryl methyl sites for hydroxylation is 1. The fourth-order valence-electron chi connectivity index (χ4n) is 2.01. The summed E-state index contributed by atoms with van der Waals surface area (Å²) >= 11 is 0. The molecule has 0 saturated heterocycles. The minimum absolute atomic E-state index is 0.0675. The van der Waals surface area contributed by atoms with E-state index in [9.17, 15) is 9.18 Å². The molecule has 0 aliphatic carbocycles. The number of halogens is 1. The molecule has 0 aliphatic heterocycles. The maximum Gasteiger partial charge on any atom is 0.258 e. The van der Waals surface area contributed by atoms with Crippen molar-refractivity contribution in [1.82, 2.24) is 15.1 Å². The molecule has 1 aromatic carbocycles. The molecule has 0 radical (unpaired) electrons. The van der Waals surface area contributed by atoms with Gasteiger partial charge in [-0.2, -0.15) is 5.10 Å². The van der Waals surface area contributed by atoms with Gasteiger partial charge in [0, 0.05) is 18.3 Å². The molecule has 0 fully saturated rings. The first kappa shape index (κ1) is 15.0. The van der Waals surface area contributed by atoms with E-state index in [1.165, 1.54) is 12.1 Å². The van der Waals surface area contributed by atoms with Crippen LogP contribution in [0.3, 0.4) is 0 Å². The summed E-state index contributed by atoms with van der Waals surface area (Å²) in [6.07, 6.45) is 1.72. The minimum atomic E-state index is -0.485. The predicted octanol–water partition coefficient (Wildman–Crippen LogP) is 2.12. The number of para-hydroxylation sites is 1. The average molecular weight is 291 g/mol. The summed E-state index contributed by atoms with van der Waals surface area (Å²) in [5, 5.41) is 6.93. The fraction of sp³-hybridized carbons (Fsp3) is 0.333. The number of carbonyl (C=O) groups is 1. The standard InChI is InChI=1S/C15H18FN3O2/c1-10(12-8-17-19(3)11(12)2)18-15(20)9-21-14-7-5-4-6-13(14)16/h4-8,10H,9H2,1-3H3,(H,18,20)/t10-/m0/s1. The van der Waals surface area contributed by atoms with Crippen molar-refractivity contribution in [1.29, 1.82) is 0 Å². The molecule has 6 heteroatoms. The lowest BCUT2D eigenvalue weighted by atomic mass is 10.1. The normalized spacial score (nSPS) is 12.0. The van der Waals surface area contributed by atoms with Crippen LogP contribution in [0, 0.1) is 12.7 Å². The number of hydrogen-bond acceptors (Lipinski definition) is 3. The summed E-state index contributed by atoms with van der Waals surface area (Å²) in [4.78, 5) is 11.8. The van der Waals surface area contributed by atoms with Gasteiger partial charge in [-0.1, -0.05) is 12.1 Å². The van der Waals surface area contributed by atoms with Gasteiger partial charge in [-0.15, -0.1) is 0 Å². The van der Waals surface area contributed by atoms with Crippen LogP contribution in [0.5, 0.6) is 5.75 Å². The molecule has 1 aromatic heterocycles. The number of benzene rings is 1. The SMILES string of the molecule is Cc1c([C@H](C)NC(=O)COc2ccccc2F)cnn1C. The van der Waals surface area contributed by atoms with Gasteiger partial charge in [-0.3, -0.25) is 9.48 Å². The van der Waals surface area contributed by atoms with E-state index < -0.39 is 5.82 Å². The van der Waals surface area contributed by atoms with E-state index in [1.54, 1.807) is 23.0 Å². The van der Waals surface area contributed by atoms with E-state index in [4.69, 9.17) is 4.74 Å². The molecule has 2 aromatic rings. The summed E-state index contributed by atoms with van der Waals surface area (Å²) in [7, 11) is 1.84. The number of carbonyl (C=O) groups excluding carboxylic acids is 1. The molecule has 0 aliphatic rings. The van der Waals surface area contributed by atoms with Crippen molar-refractivity contribution in [2.75, 3.05) is 6.61 Å². The molecule has 0 unspecified atom stereocenters. The van der Waals surface area contributed by atoms with E-state index in [2.05, 4.69) is 10.4 Å². The number of hydrogen-bond donors (Lipinski definition) is 1. The van der Waals surface area contributed by atoms with Gasteiger partial charge in [0.1, 0.15) is 0 Å². The number of ether oxygens (including phenoxy) is 1. The van der Waals surface area contributed by atoms with Crippen molar-refractivity contribution in [3.8, 4) is 5.75 Å². The third-order valence-corrected chi connectivity index (χ3v) is 3.31. The molecule has 1 N–H and O–H groups in total. The maximum atomic E-state index is 13.4. The van der Waals surface area contributed by atoms with Gasteiger partial charge in [-0.05, 0) is 26.0 Å². The molecular formula is C15H18FN3O2. The molecule has 1 atom stereocenters. The minimum Gasteiger partial charge on any atom is -0.481 e. The van der Waals surface area contributed by atoms with Gasteiger partial charge in [0.05, 0.1) is 12.2 Å². The lowest BCUT2D eigenvalue weighted by Crippen LogP contribution is -2.31. The van der Waals surface area contributed by atoms with Crippen LogP contribution in [0.1, 0.15) is 24.2 Å². The van der Waals surface area contributed by atoms with Gasteiger partial charge < -0.3 is 10.1 Å². The van der Waals surface area contributed by atoms with Gasteiger partial charge >= 0.3 is 0 Å². The number of aromatic nitrogens is 2. The van der Waals surface area contributed by atoms with E-state index in [0.717, 1.165) is 11.3 Å². The van der Waals surface area contributed by atoms with Crippen LogP contribution in [0.25, 0.3) is 0 Å². The molecule has 0 bridgehead atoms. The van der Waals surface area contributed by atoms with Gasteiger partial charge in [0.25, 0.3) is 5.91 Å². The summed E-state index contributed by atoms with van der Waals surface area (Å²) in [6, 6.07) is 5.80. The van der Waals surface area contributed by atoms with Crippen molar-refractivity contribution in [2.45, 2.75) is 19.9 Å². The quantitative estimate of drug-likeness (QED) is 0.918. The zero-order valence-electron chi connectivity index (χ0n) is 12.3. The Morgan fingerprint density at radius 3 is 2.81 bits per heavy atom. The largest absolute Gasteiger partial charge is 0.481 e. The Kier molecular flexibility index (Phi) is 4.57. The molecule has 112 valence electrons. The molecular weight excluding hydrogens is 273 g/mol. The summed E-state index contributed by atoms with van der Waals surface area (Å²) in [5.41, 5.74) is 1.93. The van der Waals surface area contributed by atoms with E-state index in [0.29, 0.717) is 0 Å². The number of amides is 1. The monoisotopic (exact) mass is 291 g/mol. The van der Waals surface area contributed by atoms with Crippen LogP contribution in [0.15, 0.2) is 30.5 Å². The van der Waals surface area contributed by atoms with Crippen LogP contribution in [-0.4, -0.2) is 22.3 Å². The molecule has 1 amide bonds. The summed E-state index contributed by atoms with van der Waals surface area (Å²) < 4.78 is 20.3. The van der Waals surface area contributed by atoms with Crippen molar-refractivity contribution in [2.24, 2.45) is 7.05 Å². The molecule has 1 heterocycles. The van der Waals surface area contributed by atoms with Crippen molar-refractivity contribution in [3.05, 3.63) is 47.5 Å². The Morgan fingerprint density at radius 1 is 1.48 bits per heavy atom. The number of nitrogens with one attached hydrogen (secondary N) is 1. The van der Waals surface area contributed by atoms with Crippen LogP contribution < -0.4 is 10.1 Å². The highest BCUT2D eigenvalue weighted by molar-refractivity contribution is 5.78. The lowest BCUT2D eigenvalue weighted by molar-refractivity contribution is -0.123. The summed E-state index contributed by atoms with van der Waals surface area (Å²) in [5.74, 6) is -0.728. The highest BCUT2D eigenvalue weighted by Crippen LogP contribution is 2.17. The molecule has 5 nitrogen and oxygen atoms in total. The van der Waals surface area contributed by atoms with Crippen molar-refractivity contribution in [3.63, 3.8) is 0 Å². The second kappa shape index (κ2) is 6.39. The highest BCUT2D eigenvalue weighted by atomic mass is 19.1. The number of nitrogens with zero attached hydrogens (tertiary/aromatic N) is 2. The topological polar surface area (TPSA) is 56.1 Å². The van der Waals surface area contributed by atoms with Crippen LogP contribution in [-0.2, 0) is 11.8 Å². The second-order valence-electron chi connectivity index (χ2n) is 4.82. The average Bonchev–Trinajstić information content (AvgIpc) is 2.78. The summed E-state index contributed by atoms with van der Waals surface area (Å²) in [6.45, 7) is 3.57. The van der Waals surface area contributed by atoms with Gasteiger partial charge in [-0.25, -0.2) is 4.39 Å². The second-order valence-corrected chi connectivity index (χ2v) is 4.82. The molecule has 2 rings (SSSR count). The zero-order chi connectivity index (χ0) is 15.4.